The van der Waals surface area contributed by atoms with Crippen molar-refractivity contribution in [2.75, 3.05) is 18.0 Å². The molecule has 1 saturated heterocycles. The van der Waals surface area contributed by atoms with Crippen LogP contribution < -0.4 is 4.90 Å². The smallest absolute Gasteiger partial charge is 0.159 e. The number of anilines is 1. The van der Waals surface area contributed by atoms with Crippen LogP contribution in [0.25, 0.3) is 0 Å². The van der Waals surface area contributed by atoms with Gasteiger partial charge in [-0.1, -0.05) is 0 Å². The van der Waals surface area contributed by atoms with Crippen LogP contribution in [0.3, 0.4) is 0 Å². The van der Waals surface area contributed by atoms with Crippen LogP contribution in [0.5, 0.6) is 0 Å². The highest BCUT2D eigenvalue weighted by Gasteiger charge is 2.21. The van der Waals surface area contributed by atoms with Gasteiger partial charge in [0.05, 0.1) is 17.3 Å². The summed E-state index contributed by atoms with van der Waals surface area (Å²) in [4.78, 5) is 13.5. The summed E-state index contributed by atoms with van der Waals surface area (Å²) in [5.74, 6) is 0.107. The van der Waals surface area contributed by atoms with E-state index < -0.39 is 0 Å². The standard InChI is InChI=1S/C15H15N3O/c1-11(19)13-2-3-14(10-17)15(8-13)18-6-4-12(9-16)5-7-18/h2-3,8,12H,4-7H2,1H3. The zero-order chi connectivity index (χ0) is 13.8. The van der Waals surface area contributed by atoms with Gasteiger partial charge in [0.15, 0.2) is 5.78 Å². The Kier molecular flexibility index (Phi) is 3.82. The molecule has 0 radical (unpaired) electrons. The molecule has 0 aromatic heterocycles. The second kappa shape index (κ2) is 5.54. The van der Waals surface area contributed by atoms with E-state index in [1.165, 1.54) is 6.92 Å². The van der Waals surface area contributed by atoms with Gasteiger partial charge in [-0.15, -0.1) is 0 Å². The van der Waals surface area contributed by atoms with Crippen LogP contribution in [0.1, 0.15) is 35.7 Å². The number of Topliss-reactive ketones (excluding diaryl/α,β-unsaturated/α-hetero) is 1. The summed E-state index contributed by atoms with van der Waals surface area (Å²) >= 11 is 0. The van der Waals surface area contributed by atoms with E-state index in [4.69, 9.17) is 10.5 Å². The predicted molar refractivity (Wildman–Crippen MR) is 71.7 cm³/mol. The summed E-state index contributed by atoms with van der Waals surface area (Å²) < 4.78 is 0. The Hall–Kier alpha value is -2.33. The van der Waals surface area contributed by atoms with Gasteiger partial charge in [-0.05, 0) is 38.0 Å². The Morgan fingerprint density at radius 1 is 1.32 bits per heavy atom. The molecule has 0 bridgehead atoms. The number of nitrogens with zero attached hydrogens (tertiary/aromatic N) is 3. The molecular weight excluding hydrogens is 238 g/mol. The molecule has 1 aromatic carbocycles. The lowest BCUT2D eigenvalue weighted by molar-refractivity contribution is 0.101. The van der Waals surface area contributed by atoms with Crippen molar-refractivity contribution in [1.29, 1.82) is 10.5 Å². The molecule has 1 aromatic rings. The average molecular weight is 253 g/mol. The highest BCUT2D eigenvalue weighted by molar-refractivity contribution is 5.95. The van der Waals surface area contributed by atoms with Crippen LogP contribution >= 0.6 is 0 Å². The Bertz CT molecular complexity index is 572. The maximum absolute atomic E-state index is 11.4. The quantitative estimate of drug-likeness (QED) is 0.759. The monoisotopic (exact) mass is 253 g/mol. The summed E-state index contributed by atoms with van der Waals surface area (Å²) in [5.41, 5.74) is 2.02. The largest absolute Gasteiger partial charge is 0.370 e. The highest BCUT2D eigenvalue weighted by atomic mass is 16.1. The van der Waals surface area contributed by atoms with Crippen molar-refractivity contribution < 1.29 is 4.79 Å². The molecule has 0 atom stereocenters. The number of rotatable bonds is 2. The van der Waals surface area contributed by atoms with Crippen LogP contribution in [0.15, 0.2) is 18.2 Å². The third-order valence-corrected chi connectivity index (χ3v) is 3.54. The van der Waals surface area contributed by atoms with Crippen LogP contribution in [-0.4, -0.2) is 18.9 Å². The summed E-state index contributed by atoms with van der Waals surface area (Å²) in [5, 5.41) is 18.1. The fourth-order valence-corrected chi connectivity index (χ4v) is 2.36. The molecule has 4 heteroatoms. The third kappa shape index (κ3) is 2.74. The maximum atomic E-state index is 11.4. The first-order valence-electron chi connectivity index (χ1n) is 6.35. The molecule has 0 unspecified atom stereocenters. The van der Waals surface area contributed by atoms with Gasteiger partial charge in [0, 0.05) is 24.6 Å². The van der Waals surface area contributed by atoms with Gasteiger partial charge in [0.1, 0.15) is 6.07 Å². The molecule has 1 fully saturated rings. The fourth-order valence-electron chi connectivity index (χ4n) is 2.36. The molecule has 0 aliphatic carbocycles. The number of nitriles is 2. The van der Waals surface area contributed by atoms with Crippen LogP contribution in [-0.2, 0) is 0 Å². The predicted octanol–water partition coefficient (Wildman–Crippen LogP) is 2.50. The van der Waals surface area contributed by atoms with Gasteiger partial charge >= 0.3 is 0 Å². The summed E-state index contributed by atoms with van der Waals surface area (Å²) in [7, 11) is 0. The van der Waals surface area contributed by atoms with Crippen molar-refractivity contribution in [3.8, 4) is 12.1 Å². The van der Waals surface area contributed by atoms with E-state index >= 15 is 0 Å². The van der Waals surface area contributed by atoms with Gasteiger partial charge in [-0.25, -0.2) is 0 Å². The Labute approximate surface area is 112 Å². The second-order valence-corrected chi connectivity index (χ2v) is 4.79. The lowest BCUT2D eigenvalue weighted by Crippen LogP contribution is -2.33. The molecule has 19 heavy (non-hydrogen) atoms. The van der Waals surface area contributed by atoms with Crippen LogP contribution in [0.4, 0.5) is 5.69 Å². The SMILES string of the molecule is CC(=O)c1ccc(C#N)c(N2CCC(C#N)CC2)c1. The molecule has 1 heterocycles. The highest BCUT2D eigenvalue weighted by Crippen LogP contribution is 2.27. The Morgan fingerprint density at radius 3 is 2.53 bits per heavy atom. The molecule has 1 aliphatic rings. The van der Waals surface area contributed by atoms with Crippen molar-refractivity contribution in [2.45, 2.75) is 19.8 Å². The van der Waals surface area contributed by atoms with E-state index in [1.807, 2.05) is 0 Å². The van der Waals surface area contributed by atoms with Crippen LogP contribution in [0, 0.1) is 28.6 Å². The molecular formula is C15H15N3O. The number of hydrogen-bond acceptors (Lipinski definition) is 4. The van der Waals surface area contributed by atoms with Gasteiger partial charge < -0.3 is 4.90 Å². The number of carbonyl (C=O) groups excluding carboxylic acids is 1. The van der Waals surface area contributed by atoms with Crippen molar-refractivity contribution >= 4 is 11.5 Å². The average Bonchev–Trinajstić information content (AvgIpc) is 2.46. The third-order valence-electron chi connectivity index (χ3n) is 3.54. The molecule has 0 spiro atoms. The molecule has 0 N–H and O–H groups in total. The molecule has 96 valence electrons. The lowest BCUT2D eigenvalue weighted by Gasteiger charge is -2.31. The number of ketones is 1. The number of hydrogen-bond donors (Lipinski definition) is 0. The maximum Gasteiger partial charge on any atom is 0.159 e. The van der Waals surface area contributed by atoms with Gasteiger partial charge in [-0.3, -0.25) is 4.79 Å². The van der Waals surface area contributed by atoms with Crippen molar-refractivity contribution in [3.05, 3.63) is 29.3 Å². The minimum absolute atomic E-state index is 0.00218. The first kappa shape index (κ1) is 13.1. The summed E-state index contributed by atoms with van der Waals surface area (Å²) in [6.45, 7) is 3.04. The number of carbonyl (C=O) groups is 1. The van der Waals surface area contributed by atoms with Crippen molar-refractivity contribution in [3.63, 3.8) is 0 Å². The fraction of sp³-hybridized carbons (Fsp3) is 0.400. The molecule has 4 nitrogen and oxygen atoms in total. The summed E-state index contributed by atoms with van der Waals surface area (Å²) in [6.07, 6.45) is 1.62. The van der Waals surface area contributed by atoms with E-state index in [0.29, 0.717) is 11.1 Å². The van der Waals surface area contributed by atoms with E-state index in [-0.39, 0.29) is 11.7 Å². The Balaban J connectivity index is 2.29. The molecule has 0 saturated carbocycles. The second-order valence-electron chi connectivity index (χ2n) is 4.79. The first-order chi connectivity index (χ1) is 9.15. The van der Waals surface area contributed by atoms with E-state index in [1.54, 1.807) is 18.2 Å². The zero-order valence-electron chi connectivity index (χ0n) is 10.9. The molecule has 1 aliphatic heterocycles. The minimum Gasteiger partial charge on any atom is -0.370 e. The van der Waals surface area contributed by atoms with Gasteiger partial charge in [-0.2, -0.15) is 10.5 Å². The van der Waals surface area contributed by atoms with E-state index in [0.717, 1.165) is 31.6 Å². The van der Waals surface area contributed by atoms with Crippen molar-refractivity contribution in [2.24, 2.45) is 5.92 Å². The van der Waals surface area contributed by atoms with Gasteiger partial charge in [0.25, 0.3) is 0 Å². The number of piperidine rings is 1. The zero-order valence-corrected chi connectivity index (χ0v) is 10.9. The van der Waals surface area contributed by atoms with Crippen molar-refractivity contribution in [1.82, 2.24) is 0 Å². The van der Waals surface area contributed by atoms with Crippen LogP contribution in [0.2, 0.25) is 0 Å². The van der Waals surface area contributed by atoms with E-state index in [2.05, 4.69) is 17.0 Å². The first-order valence-corrected chi connectivity index (χ1v) is 6.35. The normalized spacial score (nSPS) is 15.6. The molecule has 0 amide bonds. The topological polar surface area (TPSA) is 67.9 Å². The summed E-state index contributed by atoms with van der Waals surface area (Å²) in [6, 6.07) is 9.62. The number of benzene rings is 1. The lowest BCUT2D eigenvalue weighted by atomic mass is 9.97. The molecule has 2 rings (SSSR count). The van der Waals surface area contributed by atoms with Gasteiger partial charge in [0.2, 0.25) is 0 Å². The Morgan fingerprint density at radius 2 is 2.00 bits per heavy atom. The minimum atomic E-state index is -0.00218. The van der Waals surface area contributed by atoms with E-state index in [9.17, 15) is 4.79 Å².